The van der Waals surface area contributed by atoms with E-state index in [1.807, 2.05) is 0 Å². The van der Waals surface area contributed by atoms with Crippen LogP contribution in [0.5, 0.6) is 0 Å². The standard InChI is InChI=1S/C25H26F3N6O6P/c1-3-39-41(37,40-4-2)15-22(35)31-32-23-24(36)34(38-14-17-8-6-5-7-9-17)21-12-18(25(26,27)28)20(13-19(21)30-23)33-11-10-29-16-33/h5-13,16H,3-4,14-15H2,1-2H3,(H,30,32)(H,31,35). The lowest BCUT2D eigenvalue weighted by atomic mass is 10.1. The number of rotatable bonds is 12. The zero-order chi connectivity index (χ0) is 29.6. The first kappa shape index (κ1) is 29.8. The van der Waals surface area contributed by atoms with Gasteiger partial charge in [-0.3, -0.25) is 25.0 Å². The van der Waals surface area contributed by atoms with Crippen molar-refractivity contribution < 1.29 is 36.4 Å². The Labute approximate surface area is 231 Å². The summed E-state index contributed by atoms with van der Waals surface area (Å²) in [5.41, 5.74) is 2.52. The van der Waals surface area contributed by atoms with E-state index in [-0.39, 0.29) is 36.5 Å². The lowest BCUT2D eigenvalue weighted by Crippen LogP contribution is -2.38. The van der Waals surface area contributed by atoms with Crippen molar-refractivity contribution in [2.24, 2.45) is 0 Å². The minimum Gasteiger partial charge on any atom is -0.405 e. The Hall–Kier alpha value is -4.20. The summed E-state index contributed by atoms with van der Waals surface area (Å²) in [5.74, 6) is -1.32. The molecule has 0 atom stereocenters. The molecule has 16 heteroatoms. The van der Waals surface area contributed by atoms with Gasteiger partial charge in [0.05, 0.1) is 36.3 Å². The summed E-state index contributed by atoms with van der Waals surface area (Å²) in [6.45, 7) is 3.07. The van der Waals surface area contributed by atoms with Crippen molar-refractivity contribution in [2.45, 2.75) is 26.6 Å². The number of carbonyl (C=O) groups is 1. The molecule has 1 amide bonds. The van der Waals surface area contributed by atoms with Crippen molar-refractivity contribution in [3.8, 4) is 5.69 Å². The van der Waals surface area contributed by atoms with Crippen LogP contribution in [0.25, 0.3) is 16.7 Å². The fourth-order valence-electron chi connectivity index (χ4n) is 3.82. The molecule has 218 valence electrons. The van der Waals surface area contributed by atoms with Crippen LogP contribution in [0.3, 0.4) is 0 Å². The largest absolute Gasteiger partial charge is 0.418 e. The summed E-state index contributed by atoms with van der Waals surface area (Å²) in [5, 5.41) is 0. The molecule has 2 N–H and O–H groups in total. The number of benzene rings is 2. The number of hydrazine groups is 1. The molecule has 0 saturated heterocycles. The predicted octanol–water partition coefficient (Wildman–Crippen LogP) is 3.94. The van der Waals surface area contributed by atoms with Gasteiger partial charge in [0, 0.05) is 12.4 Å². The summed E-state index contributed by atoms with van der Waals surface area (Å²) in [7, 11) is -3.75. The number of imidazole rings is 1. The van der Waals surface area contributed by atoms with Crippen LogP contribution in [-0.2, 0) is 31.2 Å². The lowest BCUT2D eigenvalue weighted by Gasteiger charge is -2.19. The van der Waals surface area contributed by atoms with Crippen molar-refractivity contribution in [1.29, 1.82) is 0 Å². The predicted molar refractivity (Wildman–Crippen MR) is 142 cm³/mol. The number of halogens is 3. The molecule has 0 radical (unpaired) electrons. The van der Waals surface area contributed by atoms with E-state index in [9.17, 15) is 27.3 Å². The average molecular weight is 594 g/mol. The maximum atomic E-state index is 14.1. The maximum absolute atomic E-state index is 14.1. The normalized spacial score (nSPS) is 11.9. The van der Waals surface area contributed by atoms with Gasteiger partial charge in [0.15, 0.2) is 0 Å². The fraction of sp³-hybridized carbons (Fsp3) is 0.280. The second kappa shape index (κ2) is 12.5. The van der Waals surface area contributed by atoms with Gasteiger partial charge in [0.1, 0.15) is 18.3 Å². The Morgan fingerprint density at radius 1 is 1.10 bits per heavy atom. The molecule has 0 fully saturated rings. The maximum Gasteiger partial charge on any atom is 0.418 e. The van der Waals surface area contributed by atoms with E-state index in [1.54, 1.807) is 44.2 Å². The molecule has 2 heterocycles. The van der Waals surface area contributed by atoms with Gasteiger partial charge in [-0.15, -0.1) is 4.73 Å². The summed E-state index contributed by atoms with van der Waals surface area (Å²) in [4.78, 5) is 39.5. The average Bonchev–Trinajstić information content (AvgIpc) is 3.46. The van der Waals surface area contributed by atoms with Crippen LogP contribution in [0.2, 0.25) is 0 Å². The van der Waals surface area contributed by atoms with Crippen LogP contribution < -0.4 is 21.2 Å². The van der Waals surface area contributed by atoms with Gasteiger partial charge in [0.2, 0.25) is 5.82 Å². The summed E-state index contributed by atoms with van der Waals surface area (Å²) in [6.07, 6.45) is -1.63. The number of fused-ring (bicyclic) bond motifs is 1. The Morgan fingerprint density at radius 2 is 1.80 bits per heavy atom. The molecule has 41 heavy (non-hydrogen) atoms. The quantitative estimate of drug-likeness (QED) is 0.185. The van der Waals surface area contributed by atoms with E-state index < -0.39 is 42.8 Å². The van der Waals surface area contributed by atoms with Crippen LogP contribution in [-0.4, -0.2) is 44.5 Å². The second-order valence-corrected chi connectivity index (χ2v) is 10.5. The lowest BCUT2D eigenvalue weighted by molar-refractivity contribution is -0.137. The number of hydrogen-bond acceptors (Lipinski definition) is 9. The molecule has 0 spiro atoms. The van der Waals surface area contributed by atoms with Crippen LogP contribution in [0.15, 0.2) is 66.0 Å². The number of nitrogens with zero attached hydrogens (tertiary/aromatic N) is 4. The Morgan fingerprint density at radius 3 is 2.41 bits per heavy atom. The minimum atomic E-state index is -4.80. The SMILES string of the molecule is CCOP(=O)(CC(=O)NNc1nc2cc(-n3ccnc3)c(C(F)(F)F)cc2n(OCc2ccccc2)c1=O)OCC. The number of carbonyl (C=O) groups excluding carboxylic acids is 1. The minimum absolute atomic E-state index is 0.0346. The van der Waals surface area contributed by atoms with Crippen LogP contribution in [0.4, 0.5) is 19.0 Å². The molecule has 2 aromatic heterocycles. The monoisotopic (exact) mass is 594 g/mol. The topological polar surface area (TPSA) is 139 Å². The van der Waals surface area contributed by atoms with Crippen LogP contribution >= 0.6 is 7.60 Å². The third-order valence-corrected chi connectivity index (χ3v) is 7.51. The molecule has 12 nitrogen and oxygen atoms in total. The third kappa shape index (κ3) is 7.12. The molecule has 0 unspecified atom stereocenters. The molecular weight excluding hydrogens is 568 g/mol. The van der Waals surface area contributed by atoms with Gasteiger partial charge in [-0.1, -0.05) is 30.3 Å². The number of hydrogen-bond donors (Lipinski definition) is 2. The smallest absolute Gasteiger partial charge is 0.405 e. The molecule has 2 aromatic carbocycles. The molecule has 0 bridgehead atoms. The number of amides is 1. The Bertz CT molecular complexity index is 1600. The number of anilines is 1. The highest BCUT2D eigenvalue weighted by atomic mass is 31.2. The second-order valence-electron chi connectivity index (χ2n) is 8.42. The van der Waals surface area contributed by atoms with E-state index in [4.69, 9.17) is 13.9 Å². The van der Waals surface area contributed by atoms with Gasteiger partial charge in [0.25, 0.3) is 5.91 Å². The highest BCUT2D eigenvalue weighted by Crippen LogP contribution is 2.47. The fourth-order valence-corrected chi connectivity index (χ4v) is 5.30. The van der Waals surface area contributed by atoms with Crippen molar-refractivity contribution in [3.63, 3.8) is 0 Å². The van der Waals surface area contributed by atoms with Crippen LogP contribution in [0.1, 0.15) is 25.0 Å². The van der Waals surface area contributed by atoms with Gasteiger partial charge in [-0.25, -0.2) is 9.97 Å². The van der Waals surface area contributed by atoms with E-state index in [2.05, 4.69) is 20.8 Å². The Balaban J connectivity index is 1.76. The molecular formula is C25H26F3N6O6P. The third-order valence-electron chi connectivity index (χ3n) is 5.53. The van der Waals surface area contributed by atoms with Crippen molar-refractivity contribution in [1.82, 2.24) is 24.7 Å². The molecule has 0 saturated carbocycles. The highest BCUT2D eigenvalue weighted by Gasteiger charge is 2.35. The van der Waals surface area contributed by atoms with E-state index in [0.717, 1.165) is 16.7 Å². The molecule has 0 aliphatic rings. The molecule has 4 rings (SSSR count). The zero-order valence-electron chi connectivity index (χ0n) is 21.9. The van der Waals surface area contributed by atoms with Gasteiger partial charge >= 0.3 is 19.3 Å². The molecule has 0 aliphatic heterocycles. The van der Waals surface area contributed by atoms with Crippen LogP contribution in [0, 0.1) is 0 Å². The molecule has 0 aliphatic carbocycles. The van der Waals surface area contributed by atoms with E-state index in [0.29, 0.717) is 10.3 Å². The van der Waals surface area contributed by atoms with Gasteiger partial charge in [-0.2, -0.15) is 13.2 Å². The first-order valence-electron chi connectivity index (χ1n) is 12.3. The summed E-state index contributed by atoms with van der Waals surface area (Å²) < 4.78 is 67.0. The van der Waals surface area contributed by atoms with Crippen molar-refractivity contribution >= 4 is 30.4 Å². The van der Waals surface area contributed by atoms with Crippen molar-refractivity contribution in [2.75, 3.05) is 24.8 Å². The summed E-state index contributed by atoms with van der Waals surface area (Å²) in [6, 6.07) is 10.5. The summed E-state index contributed by atoms with van der Waals surface area (Å²) >= 11 is 0. The van der Waals surface area contributed by atoms with E-state index >= 15 is 0 Å². The van der Waals surface area contributed by atoms with Gasteiger partial charge in [-0.05, 0) is 31.5 Å². The Kier molecular flexibility index (Phi) is 9.11. The highest BCUT2D eigenvalue weighted by molar-refractivity contribution is 7.54. The first-order chi connectivity index (χ1) is 19.5. The van der Waals surface area contributed by atoms with Crippen molar-refractivity contribution in [3.05, 3.63) is 82.7 Å². The number of aromatic nitrogens is 4. The number of nitrogens with one attached hydrogen (secondary N) is 2. The molecule has 4 aromatic rings. The first-order valence-corrected chi connectivity index (χ1v) is 14.0. The zero-order valence-corrected chi connectivity index (χ0v) is 22.8. The number of alkyl halides is 3. The van der Waals surface area contributed by atoms with E-state index in [1.165, 1.54) is 18.7 Å². The van der Waals surface area contributed by atoms with Gasteiger partial charge < -0.3 is 18.5 Å².